The number of carbonyl (C=O) groups excluding carboxylic acids is 2. The number of Topliss-reactive ketones (excluding diaryl/α,β-unsaturated/α-hetero) is 2. The van der Waals surface area contributed by atoms with Gasteiger partial charge in [0.25, 0.3) is 0 Å². The van der Waals surface area contributed by atoms with E-state index in [0.29, 0.717) is 19.3 Å². The van der Waals surface area contributed by atoms with E-state index in [1.54, 1.807) is 0 Å². The van der Waals surface area contributed by atoms with Crippen molar-refractivity contribution in [3.05, 3.63) is 12.2 Å². The fourth-order valence-corrected chi connectivity index (χ4v) is 10.9. The Balaban J connectivity index is 2.70. The Hall–Kier alpha value is -0.703. The molecular weight excluding hydrogens is 312 g/mol. The van der Waals surface area contributed by atoms with Crippen LogP contribution in [0, 0.1) is 5.41 Å². The van der Waals surface area contributed by atoms with Gasteiger partial charge < -0.3 is 0 Å². The highest BCUT2D eigenvalue weighted by atomic mass is 28.3. The second kappa shape index (κ2) is 8.60. The highest BCUT2D eigenvalue weighted by Gasteiger charge is 2.42. The number of allylic oxidation sites excluding steroid dienone is 2. The first-order valence-electron chi connectivity index (χ1n) is 9.80. The lowest BCUT2D eigenvalue weighted by atomic mass is 9.71. The summed E-state index contributed by atoms with van der Waals surface area (Å²) < 4.78 is 0. The Bertz CT molecular complexity index is 436. The molecule has 1 aliphatic carbocycles. The molecule has 0 heterocycles. The van der Waals surface area contributed by atoms with Crippen LogP contribution in [0.5, 0.6) is 0 Å². The summed E-state index contributed by atoms with van der Waals surface area (Å²) in [6.07, 6.45) is 8.01. The van der Waals surface area contributed by atoms with E-state index < -0.39 is 13.5 Å². The predicted octanol–water partition coefficient (Wildman–Crippen LogP) is 6.33. The molecule has 1 aliphatic rings. The molecule has 1 rings (SSSR count). The van der Waals surface area contributed by atoms with Gasteiger partial charge in [0.15, 0.2) is 0 Å². The summed E-state index contributed by atoms with van der Waals surface area (Å²) in [5, 5.41) is 0. The molecule has 1 saturated carbocycles. The summed E-state index contributed by atoms with van der Waals surface area (Å²) in [5.74, 6) is 0.310. The summed E-state index contributed by atoms with van der Waals surface area (Å²) in [6.45, 7) is 16.2. The van der Waals surface area contributed by atoms with Gasteiger partial charge in [-0.2, -0.15) is 0 Å². The second-order valence-corrected chi connectivity index (χ2v) is 14.9. The van der Waals surface area contributed by atoms with Crippen LogP contribution in [0.4, 0.5) is 0 Å². The molecule has 0 aliphatic heterocycles. The van der Waals surface area contributed by atoms with E-state index in [1.807, 2.05) is 6.92 Å². The monoisotopic (exact) mass is 350 g/mol. The summed E-state index contributed by atoms with van der Waals surface area (Å²) in [6, 6.07) is 1.21. The van der Waals surface area contributed by atoms with E-state index in [2.05, 4.69) is 53.7 Å². The Morgan fingerprint density at radius 1 is 0.917 bits per heavy atom. The number of hydrogen-bond acceptors (Lipinski definition) is 2. The summed E-state index contributed by atoms with van der Waals surface area (Å²) in [4.78, 5) is 24.4. The maximum Gasteiger partial charge on any atom is 0.146 e. The summed E-state index contributed by atoms with van der Waals surface area (Å²) in [5.41, 5.74) is 1.58. The minimum absolute atomic E-state index is 0.155. The van der Waals surface area contributed by atoms with Crippen LogP contribution < -0.4 is 0 Å². The lowest BCUT2D eigenvalue weighted by molar-refractivity contribution is -0.143. The standard InChI is InChI=1S/C21H38O2Si/c1-16(2)24(17(3)4,18(5)6)15-10-8-9-14-21(7)19(22)12-11-13-20(21)23/h8,10,16-18H,9,11-15H2,1-7H3/b10-8-. The van der Waals surface area contributed by atoms with Gasteiger partial charge in [-0.1, -0.05) is 70.3 Å². The third-order valence-corrected chi connectivity index (χ3v) is 14.1. The highest BCUT2D eigenvalue weighted by Crippen LogP contribution is 2.44. The van der Waals surface area contributed by atoms with Crippen LogP contribution in [0.2, 0.25) is 22.7 Å². The molecular formula is C21H38O2Si. The average molecular weight is 351 g/mol. The third-order valence-electron chi connectivity index (χ3n) is 6.71. The fourth-order valence-electron chi connectivity index (χ4n) is 4.88. The highest BCUT2D eigenvalue weighted by molar-refractivity contribution is 6.83. The minimum atomic E-state index is -1.38. The van der Waals surface area contributed by atoms with Gasteiger partial charge in [-0.3, -0.25) is 9.59 Å². The van der Waals surface area contributed by atoms with Crippen molar-refractivity contribution >= 4 is 19.6 Å². The molecule has 0 radical (unpaired) electrons. The normalized spacial score (nSPS) is 19.2. The SMILES string of the molecule is CC(C)[Si](C/C=C\CCC1(C)C(=O)CCCC1=O)(C(C)C)C(C)C. The van der Waals surface area contributed by atoms with Crippen LogP contribution in [0.25, 0.3) is 0 Å². The van der Waals surface area contributed by atoms with Crippen LogP contribution in [-0.2, 0) is 9.59 Å². The lowest BCUT2D eigenvalue weighted by Gasteiger charge is -2.42. The number of hydrogen-bond donors (Lipinski definition) is 0. The van der Waals surface area contributed by atoms with Crippen molar-refractivity contribution in [3.8, 4) is 0 Å². The van der Waals surface area contributed by atoms with E-state index in [1.165, 1.54) is 6.04 Å². The molecule has 0 aromatic carbocycles. The van der Waals surface area contributed by atoms with Crippen molar-refractivity contribution in [2.45, 2.75) is 103 Å². The zero-order chi connectivity index (χ0) is 18.5. The average Bonchev–Trinajstić information content (AvgIpc) is 2.47. The molecule has 0 N–H and O–H groups in total. The third kappa shape index (κ3) is 4.28. The zero-order valence-corrected chi connectivity index (χ0v) is 17.9. The molecule has 0 unspecified atom stereocenters. The first-order valence-corrected chi connectivity index (χ1v) is 12.2. The Kier molecular flexibility index (Phi) is 7.64. The van der Waals surface area contributed by atoms with Crippen LogP contribution >= 0.6 is 0 Å². The molecule has 0 bridgehead atoms. The molecule has 0 spiro atoms. The van der Waals surface area contributed by atoms with Gasteiger partial charge in [0, 0.05) is 12.8 Å². The zero-order valence-electron chi connectivity index (χ0n) is 16.9. The van der Waals surface area contributed by atoms with Crippen molar-refractivity contribution in [1.82, 2.24) is 0 Å². The molecule has 0 aromatic heterocycles. The van der Waals surface area contributed by atoms with E-state index >= 15 is 0 Å². The molecule has 0 aromatic rings. The van der Waals surface area contributed by atoms with Gasteiger partial charge in [-0.25, -0.2) is 0 Å². The van der Waals surface area contributed by atoms with Gasteiger partial charge in [0.1, 0.15) is 11.6 Å². The van der Waals surface area contributed by atoms with Gasteiger partial charge in [-0.05, 0) is 32.2 Å². The molecule has 0 amide bonds. The molecule has 24 heavy (non-hydrogen) atoms. The summed E-state index contributed by atoms with van der Waals surface area (Å²) in [7, 11) is -1.38. The number of carbonyl (C=O) groups is 2. The Morgan fingerprint density at radius 2 is 1.38 bits per heavy atom. The molecule has 0 atom stereocenters. The van der Waals surface area contributed by atoms with E-state index in [0.717, 1.165) is 29.5 Å². The molecule has 3 heteroatoms. The van der Waals surface area contributed by atoms with Crippen molar-refractivity contribution in [1.29, 1.82) is 0 Å². The van der Waals surface area contributed by atoms with Crippen molar-refractivity contribution in [2.24, 2.45) is 5.41 Å². The van der Waals surface area contributed by atoms with Gasteiger partial charge in [-0.15, -0.1) is 0 Å². The van der Waals surface area contributed by atoms with Crippen molar-refractivity contribution in [3.63, 3.8) is 0 Å². The topological polar surface area (TPSA) is 34.1 Å². The predicted molar refractivity (Wildman–Crippen MR) is 106 cm³/mol. The van der Waals surface area contributed by atoms with E-state index in [9.17, 15) is 9.59 Å². The Morgan fingerprint density at radius 3 is 1.79 bits per heavy atom. The van der Waals surface area contributed by atoms with Crippen molar-refractivity contribution < 1.29 is 9.59 Å². The van der Waals surface area contributed by atoms with Gasteiger partial charge >= 0.3 is 0 Å². The molecule has 0 saturated heterocycles. The molecule has 1 fully saturated rings. The molecule has 2 nitrogen and oxygen atoms in total. The first-order chi connectivity index (χ1) is 11.1. The van der Waals surface area contributed by atoms with Gasteiger partial charge in [0.05, 0.1) is 13.5 Å². The van der Waals surface area contributed by atoms with Crippen LogP contribution in [0.1, 0.15) is 80.6 Å². The maximum atomic E-state index is 12.2. The summed E-state index contributed by atoms with van der Waals surface area (Å²) >= 11 is 0. The lowest BCUT2D eigenvalue weighted by Crippen LogP contribution is -2.43. The fraction of sp³-hybridized carbons (Fsp3) is 0.810. The molecule has 138 valence electrons. The maximum absolute atomic E-state index is 12.2. The smallest absolute Gasteiger partial charge is 0.146 e. The van der Waals surface area contributed by atoms with E-state index in [-0.39, 0.29) is 11.6 Å². The first kappa shape index (κ1) is 21.3. The van der Waals surface area contributed by atoms with Gasteiger partial charge in [0.2, 0.25) is 0 Å². The number of ketones is 2. The van der Waals surface area contributed by atoms with Crippen LogP contribution in [0.3, 0.4) is 0 Å². The minimum Gasteiger partial charge on any atom is -0.299 e. The largest absolute Gasteiger partial charge is 0.299 e. The second-order valence-electron chi connectivity index (χ2n) is 8.82. The number of rotatable bonds is 8. The Labute approximate surface area is 150 Å². The van der Waals surface area contributed by atoms with Crippen molar-refractivity contribution in [2.75, 3.05) is 0 Å². The van der Waals surface area contributed by atoms with Crippen LogP contribution in [0.15, 0.2) is 12.2 Å². The van der Waals surface area contributed by atoms with Crippen LogP contribution in [-0.4, -0.2) is 19.6 Å². The quantitative estimate of drug-likeness (QED) is 0.291. The van der Waals surface area contributed by atoms with E-state index in [4.69, 9.17) is 0 Å².